The van der Waals surface area contributed by atoms with Gasteiger partial charge in [0.25, 0.3) is 0 Å². The predicted octanol–water partition coefficient (Wildman–Crippen LogP) is 2.15. The van der Waals surface area contributed by atoms with Crippen LogP contribution in [-0.2, 0) is 19.6 Å². The van der Waals surface area contributed by atoms with Gasteiger partial charge in [-0.3, -0.25) is 14.5 Å². The highest BCUT2D eigenvalue weighted by Gasteiger charge is 2.30. The molecule has 2 aromatic carbocycles. The van der Waals surface area contributed by atoms with E-state index < -0.39 is 10.0 Å². The van der Waals surface area contributed by atoms with E-state index in [2.05, 4.69) is 9.62 Å². The summed E-state index contributed by atoms with van der Waals surface area (Å²) in [7, 11) is -2.10. The van der Waals surface area contributed by atoms with Gasteiger partial charge in [0.1, 0.15) is 5.75 Å². The Morgan fingerprint density at radius 3 is 2.13 bits per heavy atom. The first kappa shape index (κ1) is 21.8. The molecule has 30 heavy (non-hydrogen) atoms. The van der Waals surface area contributed by atoms with Crippen molar-refractivity contribution in [2.45, 2.75) is 24.7 Å². The van der Waals surface area contributed by atoms with E-state index in [0.29, 0.717) is 12.2 Å². The summed E-state index contributed by atoms with van der Waals surface area (Å²) in [6, 6.07) is 13.3. The second-order valence-electron chi connectivity index (χ2n) is 6.79. The second-order valence-corrected chi connectivity index (χ2v) is 8.56. The number of imide groups is 1. The van der Waals surface area contributed by atoms with Crippen molar-refractivity contribution in [3.63, 3.8) is 0 Å². The molecule has 0 atom stereocenters. The molecule has 3 rings (SSSR count). The zero-order valence-electron chi connectivity index (χ0n) is 17.0. The van der Waals surface area contributed by atoms with E-state index in [1.807, 2.05) is 31.2 Å². The Labute approximate surface area is 176 Å². The molecule has 0 aromatic heterocycles. The number of methoxy groups -OCH3 is 1. The van der Waals surface area contributed by atoms with Crippen molar-refractivity contribution in [2.75, 3.05) is 36.5 Å². The molecule has 160 valence electrons. The predicted molar refractivity (Wildman–Crippen MR) is 114 cm³/mol. The number of sulfonamides is 1. The number of amides is 2. The Bertz CT molecular complexity index is 988. The van der Waals surface area contributed by atoms with Crippen molar-refractivity contribution >= 4 is 33.2 Å². The summed E-state index contributed by atoms with van der Waals surface area (Å²) in [5.74, 6) is 0.218. The van der Waals surface area contributed by atoms with Crippen LogP contribution in [0.15, 0.2) is 53.4 Å². The molecule has 0 spiro atoms. The minimum Gasteiger partial charge on any atom is -0.497 e. The van der Waals surface area contributed by atoms with Gasteiger partial charge in [-0.2, -0.15) is 0 Å². The fourth-order valence-corrected chi connectivity index (χ4v) is 4.32. The van der Waals surface area contributed by atoms with Gasteiger partial charge >= 0.3 is 0 Å². The van der Waals surface area contributed by atoms with Gasteiger partial charge in [-0.15, -0.1) is 0 Å². The third-order valence-electron chi connectivity index (χ3n) is 4.95. The lowest BCUT2D eigenvalue weighted by molar-refractivity contribution is -0.121. The average molecular weight is 432 g/mol. The number of nitrogens with zero attached hydrogens (tertiary/aromatic N) is 2. The Morgan fingerprint density at radius 2 is 1.60 bits per heavy atom. The molecule has 0 bridgehead atoms. The molecule has 0 unspecified atom stereocenters. The van der Waals surface area contributed by atoms with Gasteiger partial charge in [0.2, 0.25) is 21.8 Å². The van der Waals surface area contributed by atoms with E-state index in [9.17, 15) is 18.0 Å². The van der Waals surface area contributed by atoms with Gasteiger partial charge in [-0.05, 0) is 55.5 Å². The lowest BCUT2D eigenvalue weighted by Gasteiger charge is -2.23. The molecule has 1 N–H and O–H groups in total. The van der Waals surface area contributed by atoms with Crippen molar-refractivity contribution in [2.24, 2.45) is 0 Å². The van der Waals surface area contributed by atoms with Crippen LogP contribution in [0.25, 0.3) is 0 Å². The summed E-state index contributed by atoms with van der Waals surface area (Å²) < 4.78 is 32.9. The summed E-state index contributed by atoms with van der Waals surface area (Å²) >= 11 is 0. The standard InChI is InChI=1S/C21H25N3O5S/c1-3-23(16-4-8-18(29-2)9-5-16)15-14-22-30(27,28)19-10-6-17(7-11-19)24-20(25)12-13-21(24)26/h4-11,22H,3,12-15H2,1-2H3. The first-order chi connectivity index (χ1) is 14.4. The molecule has 1 aliphatic heterocycles. The summed E-state index contributed by atoms with van der Waals surface area (Å²) in [6.07, 6.45) is 0.366. The molecule has 9 heteroatoms. The lowest BCUT2D eigenvalue weighted by Crippen LogP contribution is -2.35. The van der Waals surface area contributed by atoms with Crippen LogP contribution in [0.2, 0.25) is 0 Å². The highest BCUT2D eigenvalue weighted by Crippen LogP contribution is 2.24. The molecular weight excluding hydrogens is 406 g/mol. The topological polar surface area (TPSA) is 96.0 Å². The monoisotopic (exact) mass is 431 g/mol. The maximum absolute atomic E-state index is 12.6. The number of hydrogen-bond acceptors (Lipinski definition) is 6. The summed E-state index contributed by atoms with van der Waals surface area (Å²) in [5.41, 5.74) is 1.36. The molecule has 1 heterocycles. The summed E-state index contributed by atoms with van der Waals surface area (Å²) in [5, 5.41) is 0. The summed E-state index contributed by atoms with van der Waals surface area (Å²) in [6.45, 7) is 3.45. The first-order valence-corrected chi connectivity index (χ1v) is 11.2. The Morgan fingerprint density at radius 1 is 1.00 bits per heavy atom. The van der Waals surface area contributed by atoms with Crippen LogP contribution in [0.5, 0.6) is 5.75 Å². The SMILES string of the molecule is CCN(CCNS(=O)(=O)c1ccc(N2C(=O)CCC2=O)cc1)c1ccc(OC)cc1. The van der Waals surface area contributed by atoms with Crippen molar-refractivity contribution < 1.29 is 22.7 Å². The normalized spacial score (nSPS) is 14.3. The number of benzene rings is 2. The Balaban J connectivity index is 1.61. The average Bonchev–Trinajstić information content (AvgIpc) is 3.09. The molecule has 0 saturated carbocycles. The fraction of sp³-hybridized carbons (Fsp3) is 0.333. The van der Waals surface area contributed by atoms with Gasteiger partial charge in [-0.1, -0.05) is 0 Å². The van der Waals surface area contributed by atoms with E-state index in [1.165, 1.54) is 24.3 Å². The third kappa shape index (κ3) is 4.80. The van der Waals surface area contributed by atoms with Gasteiger partial charge < -0.3 is 9.64 Å². The van der Waals surface area contributed by atoms with Crippen molar-refractivity contribution in [1.29, 1.82) is 0 Å². The van der Waals surface area contributed by atoms with Gasteiger partial charge in [0, 0.05) is 38.2 Å². The molecule has 1 saturated heterocycles. The van der Waals surface area contributed by atoms with Gasteiger partial charge in [0.15, 0.2) is 0 Å². The van der Waals surface area contributed by atoms with Gasteiger partial charge in [-0.25, -0.2) is 13.1 Å². The highest BCUT2D eigenvalue weighted by molar-refractivity contribution is 7.89. The molecule has 8 nitrogen and oxygen atoms in total. The van der Waals surface area contributed by atoms with Crippen LogP contribution < -0.4 is 19.3 Å². The molecule has 2 aromatic rings. The second kappa shape index (κ2) is 9.27. The molecule has 1 fully saturated rings. The zero-order chi connectivity index (χ0) is 21.7. The molecule has 0 aliphatic carbocycles. The van der Waals surface area contributed by atoms with E-state index in [4.69, 9.17) is 4.74 Å². The van der Waals surface area contributed by atoms with Gasteiger partial charge in [0.05, 0.1) is 17.7 Å². The van der Waals surface area contributed by atoms with E-state index in [0.717, 1.165) is 22.9 Å². The number of anilines is 2. The van der Waals surface area contributed by atoms with Crippen molar-refractivity contribution in [1.82, 2.24) is 4.72 Å². The number of rotatable bonds is 9. The lowest BCUT2D eigenvalue weighted by atomic mass is 10.2. The first-order valence-electron chi connectivity index (χ1n) is 9.70. The van der Waals surface area contributed by atoms with Crippen molar-refractivity contribution in [3.05, 3.63) is 48.5 Å². The van der Waals surface area contributed by atoms with Crippen LogP contribution in [0.3, 0.4) is 0 Å². The Kier molecular flexibility index (Phi) is 6.73. The maximum Gasteiger partial charge on any atom is 0.240 e. The fourth-order valence-electron chi connectivity index (χ4n) is 3.30. The highest BCUT2D eigenvalue weighted by atomic mass is 32.2. The Hall–Kier alpha value is -2.91. The van der Waals surface area contributed by atoms with Crippen LogP contribution in [0.1, 0.15) is 19.8 Å². The van der Waals surface area contributed by atoms with Crippen LogP contribution in [-0.4, -0.2) is 47.0 Å². The van der Waals surface area contributed by atoms with E-state index in [-0.39, 0.29) is 36.1 Å². The molecule has 0 radical (unpaired) electrons. The minimum absolute atomic E-state index is 0.0813. The number of hydrogen-bond donors (Lipinski definition) is 1. The largest absolute Gasteiger partial charge is 0.497 e. The molecular formula is C21H25N3O5S. The van der Waals surface area contributed by atoms with Crippen LogP contribution in [0, 0.1) is 0 Å². The van der Waals surface area contributed by atoms with E-state index >= 15 is 0 Å². The summed E-state index contributed by atoms with van der Waals surface area (Å²) in [4.78, 5) is 26.9. The third-order valence-corrected chi connectivity index (χ3v) is 6.43. The van der Waals surface area contributed by atoms with Crippen LogP contribution >= 0.6 is 0 Å². The number of carbonyl (C=O) groups excluding carboxylic acids is 2. The molecule has 1 aliphatic rings. The maximum atomic E-state index is 12.6. The van der Waals surface area contributed by atoms with Crippen molar-refractivity contribution in [3.8, 4) is 5.75 Å². The number of likely N-dealkylation sites (N-methyl/N-ethyl adjacent to an activating group) is 1. The quantitative estimate of drug-likeness (QED) is 0.611. The number of carbonyl (C=O) groups is 2. The zero-order valence-corrected chi connectivity index (χ0v) is 17.8. The number of nitrogens with one attached hydrogen (secondary N) is 1. The van der Waals surface area contributed by atoms with Crippen LogP contribution in [0.4, 0.5) is 11.4 Å². The minimum atomic E-state index is -3.71. The number of ether oxygens (including phenoxy) is 1. The smallest absolute Gasteiger partial charge is 0.240 e. The van der Waals surface area contributed by atoms with E-state index in [1.54, 1.807) is 7.11 Å². The molecule has 2 amide bonds.